The van der Waals surface area contributed by atoms with E-state index in [1.54, 1.807) is 26.2 Å². The summed E-state index contributed by atoms with van der Waals surface area (Å²) in [5, 5.41) is 0. The van der Waals surface area contributed by atoms with Gasteiger partial charge in [-0.15, -0.1) is 0 Å². The fourth-order valence-electron chi connectivity index (χ4n) is 3.25. The van der Waals surface area contributed by atoms with Crippen LogP contribution in [0.5, 0.6) is 5.75 Å². The van der Waals surface area contributed by atoms with Crippen LogP contribution >= 0.6 is 0 Å². The van der Waals surface area contributed by atoms with E-state index in [1.807, 2.05) is 36.1 Å². The van der Waals surface area contributed by atoms with Crippen LogP contribution < -0.4 is 4.74 Å². The molecule has 0 saturated carbocycles. The van der Waals surface area contributed by atoms with Crippen molar-refractivity contribution >= 4 is 5.97 Å². The largest absolute Gasteiger partial charge is 0.497 e. The molecule has 0 aliphatic heterocycles. The average molecular weight is 434 g/mol. The molecule has 7 heteroatoms. The van der Waals surface area contributed by atoms with Gasteiger partial charge in [0.2, 0.25) is 0 Å². The molecule has 2 aromatic carbocycles. The van der Waals surface area contributed by atoms with Gasteiger partial charge in [0.1, 0.15) is 17.6 Å². The number of hydrogen-bond acceptors (Lipinski definition) is 6. The minimum absolute atomic E-state index is 0.273. The molecule has 6 nitrogen and oxygen atoms in total. The Morgan fingerprint density at radius 3 is 2.29 bits per heavy atom. The van der Waals surface area contributed by atoms with Crippen LogP contribution in [0.25, 0.3) is 0 Å². The Morgan fingerprint density at radius 2 is 1.68 bits per heavy atom. The van der Waals surface area contributed by atoms with E-state index in [-0.39, 0.29) is 18.4 Å². The monoisotopic (exact) mass is 433 g/mol. The number of unbranched alkanes of at least 4 members (excludes halogenated alkanes) is 1. The average Bonchev–Trinajstić information content (AvgIpc) is 2.78. The lowest BCUT2D eigenvalue weighted by Crippen LogP contribution is -2.36. The van der Waals surface area contributed by atoms with Crippen LogP contribution in [-0.4, -0.2) is 44.3 Å². The van der Waals surface area contributed by atoms with E-state index in [4.69, 9.17) is 19.2 Å². The van der Waals surface area contributed by atoms with Crippen LogP contribution in [0.15, 0.2) is 48.5 Å². The molecule has 1 atom stereocenters. The minimum atomic E-state index is -0.643. The summed E-state index contributed by atoms with van der Waals surface area (Å²) in [6, 6.07) is 13.1. The Balaban J connectivity index is 2.22. The summed E-state index contributed by atoms with van der Waals surface area (Å²) in [6.07, 6.45) is 1.57. The number of hydrogen-bond donors (Lipinski definition) is 0. The number of carbonyl (C=O) groups is 1. The third-order valence-corrected chi connectivity index (χ3v) is 4.73. The number of halogens is 1. The van der Waals surface area contributed by atoms with E-state index in [9.17, 15) is 9.18 Å². The van der Waals surface area contributed by atoms with Crippen LogP contribution in [0.1, 0.15) is 43.9 Å². The van der Waals surface area contributed by atoms with Crippen LogP contribution in [0.2, 0.25) is 0 Å². The maximum absolute atomic E-state index is 13.5. The van der Waals surface area contributed by atoms with Crippen molar-refractivity contribution in [2.45, 2.75) is 39.3 Å². The van der Waals surface area contributed by atoms with E-state index < -0.39 is 6.04 Å². The van der Waals surface area contributed by atoms with Crippen molar-refractivity contribution in [2.75, 3.05) is 33.5 Å². The zero-order chi connectivity index (χ0) is 22.5. The summed E-state index contributed by atoms with van der Waals surface area (Å²) in [6.45, 7) is 6.04. The highest BCUT2D eigenvalue weighted by molar-refractivity contribution is 5.77. The molecule has 0 N–H and O–H groups in total. The smallest absolute Gasteiger partial charge is 0.328 e. The molecule has 0 aliphatic carbocycles. The Kier molecular flexibility index (Phi) is 11.0. The van der Waals surface area contributed by atoms with Gasteiger partial charge in [0.15, 0.2) is 0 Å². The second kappa shape index (κ2) is 13.7. The summed E-state index contributed by atoms with van der Waals surface area (Å²) in [5.74, 6) is 0.0678. The van der Waals surface area contributed by atoms with Gasteiger partial charge in [-0.3, -0.25) is 4.90 Å². The Hall–Kier alpha value is -2.48. The Bertz CT molecular complexity index is 767. The van der Waals surface area contributed by atoms with Crippen LogP contribution in [0.4, 0.5) is 4.39 Å². The first kappa shape index (κ1) is 24.8. The first-order valence-corrected chi connectivity index (χ1v) is 10.6. The molecule has 0 aromatic heterocycles. The lowest BCUT2D eigenvalue weighted by Gasteiger charge is -2.30. The maximum atomic E-state index is 13.5. The summed E-state index contributed by atoms with van der Waals surface area (Å²) in [4.78, 5) is 25.0. The molecule has 2 rings (SSSR count). The molecule has 0 radical (unpaired) electrons. The van der Waals surface area contributed by atoms with Gasteiger partial charge in [-0.1, -0.05) is 24.3 Å². The molecule has 0 saturated heterocycles. The maximum Gasteiger partial charge on any atom is 0.328 e. The lowest BCUT2D eigenvalue weighted by molar-refractivity contribution is -0.291. The molecule has 0 amide bonds. The van der Waals surface area contributed by atoms with Crippen molar-refractivity contribution in [3.8, 4) is 5.75 Å². The highest BCUT2D eigenvalue weighted by atomic mass is 19.1. The van der Waals surface area contributed by atoms with Gasteiger partial charge >= 0.3 is 5.97 Å². The second-order valence-corrected chi connectivity index (χ2v) is 6.96. The minimum Gasteiger partial charge on any atom is -0.497 e. The van der Waals surface area contributed by atoms with Gasteiger partial charge in [0.05, 0.1) is 26.9 Å². The normalized spacial score (nSPS) is 12.0. The fourth-order valence-corrected chi connectivity index (χ4v) is 3.25. The molecule has 0 fully saturated rings. The molecule has 0 bridgehead atoms. The first-order valence-electron chi connectivity index (χ1n) is 10.6. The zero-order valence-corrected chi connectivity index (χ0v) is 18.5. The van der Waals surface area contributed by atoms with Crippen molar-refractivity contribution in [3.05, 3.63) is 65.5 Å². The number of benzene rings is 2. The quantitative estimate of drug-likeness (QED) is 0.186. The van der Waals surface area contributed by atoms with Crippen molar-refractivity contribution < 1.29 is 28.4 Å². The molecule has 1 unspecified atom stereocenters. The van der Waals surface area contributed by atoms with Crippen molar-refractivity contribution in [1.29, 1.82) is 0 Å². The third kappa shape index (κ3) is 8.28. The van der Waals surface area contributed by atoms with Crippen LogP contribution in [0, 0.1) is 5.82 Å². The van der Waals surface area contributed by atoms with E-state index in [0.717, 1.165) is 24.2 Å². The van der Waals surface area contributed by atoms with E-state index in [0.29, 0.717) is 31.9 Å². The van der Waals surface area contributed by atoms with E-state index in [1.165, 1.54) is 12.1 Å². The summed E-state index contributed by atoms with van der Waals surface area (Å²) in [5.41, 5.74) is 1.72. The van der Waals surface area contributed by atoms with E-state index >= 15 is 0 Å². The zero-order valence-electron chi connectivity index (χ0n) is 18.5. The third-order valence-electron chi connectivity index (χ3n) is 4.73. The first-order chi connectivity index (χ1) is 15.1. The number of nitrogens with zero attached hydrogens (tertiary/aromatic N) is 1. The molecular weight excluding hydrogens is 401 g/mol. The van der Waals surface area contributed by atoms with E-state index in [2.05, 4.69) is 0 Å². The molecule has 31 heavy (non-hydrogen) atoms. The lowest BCUT2D eigenvalue weighted by atomic mass is 10.0. The van der Waals surface area contributed by atoms with Gasteiger partial charge < -0.3 is 9.47 Å². The fraction of sp³-hybridized carbons (Fsp3) is 0.458. The molecule has 0 heterocycles. The molecule has 2 aromatic rings. The number of carbonyl (C=O) groups excluding carboxylic acids is 1. The highest BCUT2D eigenvalue weighted by Gasteiger charge is 2.29. The topological polar surface area (TPSA) is 57.2 Å². The highest BCUT2D eigenvalue weighted by Crippen LogP contribution is 2.26. The van der Waals surface area contributed by atoms with Crippen LogP contribution in [-0.2, 0) is 25.9 Å². The van der Waals surface area contributed by atoms with Gasteiger partial charge in [0, 0.05) is 6.54 Å². The van der Waals surface area contributed by atoms with Crippen molar-refractivity contribution in [3.63, 3.8) is 0 Å². The summed E-state index contributed by atoms with van der Waals surface area (Å²) >= 11 is 0. The van der Waals surface area contributed by atoms with Gasteiger partial charge in [-0.25, -0.2) is 19.0 Å². The van der Waals surface area contributed by atoms with Crippen LogP contribution in [0.3, 0.4) is 0 Å². The molecule has 0 aliphatic rings. The molecular formula is C24H32FNO5. The predicted octanol–water partition coefficient (Wildman–Crippen LogP) is 4.69. The Morgan fingerprint density at radius 1 is 0.968 bits per heavy atom. The SMILES string of the molecule is CCOOCCCCN(Cc1ccc(OC)cc1)C(C(=O)OCC)c1ccc(F)cc1. The molecule has 0 spiro atoms. The number of esters is 1. The van der Waals surface area contributed by atoms with Crippen molar-refractivity contribution in [1.82, 2.24) is 4.90 Å². The number of rotatable bonds is 14. The van der Waals surface area contributed by atoms with Gasteiger partial charge in [0.25, 0.3) is 0 Å². The van der Waals surface area contributed by atoms with Gasteiger partial charge in [-0.2, -0.15) is 0 Å². The second-order valence-electron chi connectivity index (χ2n) is 6.96. The summed E-state index contributed by atoms with van der Waals surface area (Å²) in [7, 11) is 1.62. The van der Waals surface area contributed by atoms with Crippen molar-refractivity contribution in [2.24, 2.45) is 0 Å². The van der Waals surface area contributed by atoms with Gasteiger partial charge in [-0.05, 0) is 68.6 Å². The standard InChI is InChI=1S/C24H32FNO5/c1-4-29-24(27)23(20-10-12-21(25)13-11-20)26(16-6-7-17-31-30-5-2)18-19-8-14-22(28-3)15-9-19/h8-15,23H,4-7,16-18H2,1-3H3. The predicted molar refractivity (Wildman–Crippen MR) is 116 cm³/mol. The number of methoxy groups -OCH3 is 1. The Labute approximate surface area is 183 Å². The molecule has 170 valence electrons. The summed E-state index contributed by atoms with van der Waals surface area (Å²) < 4.78 is 24.1. The number of ether oxygens (including phenoxy) is 2.